The number of ether oxygens (including phenoxy) is 1. The molecule has 0 atom stereocenters. The topological polar surface area (TPSA) is 66.0 Å². The van der Waals surface area contributed by atoms with Crippen LogP contribution in [0.5, 0.6) is 0 Å². The van der Waals surface area contributed by atoms with E-state index in [-0.39, 0.29) is 0 Å². The lowest BCUT2D eigenvalue weighted by Crippen LogP contribution is -2.20. The van der Waals surface area contributed by atoms with E-state index in [9.17, 15) is 0 Å². The van der Waals surface area contributed by atoms with Crippen molar-refractivity contribution in [2.45, 2.75) is 19.4 Å². The predicted octanol–water partition coefficient (Wildman–Crippen LogP) is 1.44. The molecule has 0 aliphatic carbocycles. The van der Waals surface area contributed by atoms with Gasteiger partial charge in [-0.3, -0.25) is 0 Å². The highest BCUT2D eigenvalue weighted by molar-refractivity contribution is 5.77. The lowest BCUT2D eigenvalue weighted by Gasteiger charge is -2.21. The van der Waals surface area contributed by atoms with E-state index in [2.05, 4.69) is 10.3 Å². The number of nitrogens with two attached hydrogens (primary N) is 1. The molecule has 0 radical (unpaired) electrons. The lowest BCUT2D eigenvalue weighted by molar-refractivity contribution is 0.0604. The van der Waals surface area contributed by atoms with E-state index in [1.807, 2.05) is 22.9 Å². The molecule has 1 fully saturated rings. The summed E-state index contributed by atoms with van der Waals surface area (Å²) in [6.07, 6.45) is 2.20. The van der Waals surface area contributed by atoms with E-state index in [4.69, 9.17) is 10.5 Å². The first-order valence-electron chi connectivity index (χ1n) is 5.99. The second-order valence-electron chi connectivity index (χ2n) is 4.58. The number of nitrogen functional groups attached to an aromatic ring is 1. The average Bonchev–Trinajstić information content (AvgIpc) is 2.73. The van der Waals surface area contributed by atoms with Gasteiger partial charge >= 0.3 is 0 Å². The van der Waals surface area contributed by atoms with Crippen molar-refractivity contribution >= 4 is 16.7 Å². The first-order chi connectivity index (χ1) is 8.33. The van der Waals surface area contributed by atoms with Gasteiger partial charge in [0.15, 0.2) is 0 Å². The van der Waals surface area contributed by atoms with Crippen LogP contribution in [0, 0.1) is 5.92 Å². The monoisotopic (exact) mass is 232 g/mol. The van der Waals surface area contributed by atoms with Crippen LogP contribution < -0.4 is 5.73 Å². The van der Waals surface area contributed by atoms with Crippen LogP contribution in [0.1, 0.15) is 12.8 Å². The first kappa shape index (κ1) is 10.5. The molecule has 2 heterocycles. The van der Waals surface area contributed by atoms with Crippen molar-refractivity contribution in [3.8, 4) is 0 Å². The van der Waals surface area contributed by atoms with Gasteiger partial charge in [0.2, 0.25) is 0 Å². The molecule has 3 rings (SSSR count). The van der Waals surface area contributed by atoms with Crippen LogP contribution in [-0.4, -0.2) is 28.2 Å². The Morgan fingerprint density at radius 3 is 3.00 bits per heavy atom. The van der Waals surface area contributed by atoms with Crippen molar-refractivity contribution in [2.24, 2.45) is 5.92 Å². The fourth-order valence-corrected chi connectivity index (χ4v) is 2.29. The fourth-order valence-electron chi connectivity index (χ4n) is 2.29. The van der Waals surface area contributed by atoms with Crippen molar-refractivity contribution in [3.63, 3.8) is 0 Å². The van der Waals surface area contributed by atoms with Crippen molar-refractivity contribution in [1.82, 2.24) is 15.0 Å². The second-order valence-corrected chi connectivity index (χ2v) is 4.58. The van der Waals surface area contributed by atoms with Gasteiger partial charge in [-0.15, -0.1) is 5.10 Å². The molecule has 17 heavy (non-hydrogen) atoms. The van der Waals surface area contributed by atoms with Crippen LogP contribution in [0.4, 0.5) is 5.69 Å². The number of rotatable bonds is 2. The van der Waals surface area contributed by atoms with E-state index in [0.717, 1.165) is 49.3 Å². The van der Waals surface area contributed by atoms with Gasteiger partial charge in [-0.2, -0.15) is 0 Å². The molecule has 90 valence electrons. The van der Waals surface area contributed by atoms with Crippen molar-refractivity contribution in [3.05, 3.63) is 18.2 Å². The van der Waals surface area contributed by atoms with Crippen LogP contribution in [-0.2, 0) is 11.3 Å². The summed E-state index contributed by atoms with van der Waals surface area (Å²) in [5.74, 6) is 0.634. The normalized spacial score (nSPS) is 17.6. The Labute approximate surface area is 99.5 Å². The number of fused-ring (bicyclic) bond motifs is 1. The summed E-state index contributed by atoms with van der Waals surface area (Å²) in [7, 11) is 0. The van der Waals surface area contributed by atoms with Gasteiger partial charge in [0, 0.05) is 25.4 Å². The molecule has 2 N–H and O–H groups in total. The second kappa shape index (κ2) is 4.33. The minimum Gasteiger partial charge on any atom is -0.399 e. The van der Waals surface area contributed by atoms with E-state index < -0.39 is 0 Å². The minimum atomic E-state index is 0.634. The van der Waals surface area contributed by atoms with E-state index in [0.29, 0.717) is 5.92 Å². The van der Waals surface area contributed by atoms with Gasteiger partial charge in [-0.1, -0.05) is 5.21 Å². The quantitative estimate of drug-likeness (QED) is 0.796. The predicted molar refractivity (Wildman–Crippen MR) is 65.5 cm³/mol. The van der Waals surface area contributed by atoms with Crippen LogP contribution in [0.15, 0.2) is 18.2 Å². The molecule has 0 spiro atoms. The number of hydrogen-bond acceptors (Lipinski definition) is 4. The van der Waals surface area contributed by atoms with Gasteiger partial charge < -0.3 is 10.5 Å². The zero-order valence-electron chi connectivity index (χ0n) is 9.67. The molecule has 0 saturated carbocycles. The maximum Gasteiger partial charge on any atom is 0.113 e. The van der Waals surface area contributed by atoms with Crippen LogP contribution in [0.3, 0.4) is 0 Å². The highest BCUT2D eigenvalue weighted by Gasteiger charge is 2.16. The summed E-state index contributed by atoms with van der Waals surface area (Å²) in [5.41, 5.74) is 8.49. The third-order valence-corrected chi connectivity index (χ3v) is 3.31. The Morgan fingerprint density at radius 2 is 2.18 bits per heavy atom. The first-order valence-corrected chi connectivity index (χ1v) is 5.99. The Morgan fingerprint density at radius 1 is 1.35 bits per heavy atom. The van der Waals surface area contributed by atoms with Crippen molar-refractivity contribution < 1.29 is 4.74 Å². The fraction of sp³-hybridized carbons (Fsp3) is 0.500. The van der Waals surface area contributed by atoms with E-state index in [1.54, 1.807) is 0 Å². The number of aromatic nitrogens is 3. The third kappa shape index (κ3) is 2.10. The average molecular weight is 232 g/mol. The molecule has 0 bridgehead atoms. The molecule has 1 aromatic carbocycles. The lowest BCUT2D eigenvalue weighted by atomic mass is 10.0. The summed E-state index contributed by atoms with van der Waals surface area (Å²) < 4.78 is 7.32. The summed E-state index contributed by atoms with van der Waals surface area (Å²) in [5, 5.41) is 8.35. The van der Waals surface area contributed by atoms with Gasteiger partial charge in [-0.25, -0.2) is 4.68 Å². The summed E-state index contributed by atoms with van der Waals surface area (Å²) in [6.45, 7) is 2.63. The maximum atomic E-state index is 5.80. The Bertz CT molecular complexity index is 516. The molecule has 2 aromatic rings. The van der Waals surface area contributed by atoms with Gasteiger partial charge in [0.1, 0.15) is 5.52 Å². The maximum absolute atomic E-state index is 5.80. The van der Waals surface area contributed by atoms with Crippen LogP contribution >= 0.6 is 0 Å². The van der Waals surface area contributed by atoms with Crippen molar-refractivity contribution in [1.29, 1.82) is 0 Å². The third-order valence-electron chi connectivity index (χ3n) is 3.31. The highest BCUT2D eigenvalue weighted by atomic mass is 16.5. The molecule has 1 aliphatic heterocycles. The molecule has 0 unspecified atom stereocenters. The highest BCUT2D eigenvalue weighted by Crippen LogP contribution is 2.20. The zero-order valence-corrected chi connectivity index (χ0v) is 9.67. The Hall–Kier alpha value is -1.62. The summed E-state index contributed by atoms with van der Waals surface area (Å²) >= 11 is 0. The molecule has 1 saturated heterocycles. The molecule has 5 heteroatoms. The van der Waals surface area contributed by atoms with Crippen LogP contribution in [0.25, 0.3) is 11.0 Å². The van der Waals surface area contributed by atoms with Crippen molar-refractivity contribution in [2.75, 3.05) is 18.9 Å². The largest absolute Gasteiger partial charge is 0.399 e. The van der Waals surface area contributed by atoms with E-state index in [1.165, 1.54) is 0 Å². The van der Waals surface area contributed by atoms with Gasteiger partial charge in [-0.05, 0) is 37.0 Å². The molecule has 5 nitrogen and oxygen atoms in total. The Balaban J connectivity index is 1.86. The minimum absolute atomic E-state index is 0.634. The molecular formula is C12H16N4O. The standard InChI is InChI=1S/C12H16N4O/c13-10-1-2-11-12(7-10)16(15-14-11)8-9-3-5-17-6-4-9/h1-2,7,9H,3-6,8,13H2. The molecule has 1 aromatic heterocycles. The number of nitrogens with zero attached hydrogens (tertiary/aromatic N) is 3. The molecule has 1 aliphatic rings. The SMILES string of the molecule is Nc1ccc2nnn(CC3CCOCC3)c2c1. The molecular weight excluding hydrogens is 216 g/mol. The van der Waals surface area contributed by atoms with E-state index >= 15 is 0 Å². The summed E-state index contributed by atoms with van der Waals surface area (Å²) in [4.78, 5) is 0. The number of anilines is 1. The smallest absolute Gasteiger partial charge is 0.113 e. The number of hydrogen-bond donors (Lipinski definition) is 1. The zero-order chi connectivity index (χ0) is 11.7. The number of benzene rings is 1. The summed E-state index contributed by atoms with van der Waals surface area (Å²) in [6, 6.07) is 5.71. The Kier molecular flexibility index (Phi) is 2.68. The molecule has 0 amide bonds. The van der Waals surface area contributed by atoms with Crippen LogP contribution in [0.2, 0.25) is 0 Å². The van der Waals surface area contributed by atoms with Gasteiger partial charge in [0.25, 0.3) is 0 Å². The van der Waals surface area contributed by atoms with Gasteiger partial charge in [0.05, 0.1) is 5.52 Å².